The molecule has 1 fully saturated rings. The first kappa shape index (κ1) is 34.9. The van der Waals surface area contributed by atoms with Gasteiger partial charge in [-0.25, -0.2) is 0 Å². The summed E-state index contributed by atoms with van der Waals surface area (Å²) in [5, 5.41) is 0. The van der Waals surface area contributed by atoms with Crippen molar-refractivity contribution in [1.82, 2.24) is 0 Å². The molecular weight excluding hydrogens is 516 g/mol. The molecule has 1 saturated heterocycles. The second-order valence-corrected chi connectivity index (χ2v) is 11.6. The average Bonchev–Trinajstić information content (AvgIpc) is 2.93. The van der Waals surface area contributed by atoms with Gasteiger partial charge in [-0.3, -0.25) is 4.79 Å². The van der Waals surface area contributed by atoms with Gasteiger partial charge in [-0.15, -0.1) is 0 Å². The van der Waals surface area contributed by atoms with Gasteiger partial charge < -0.3 is 23.7 Å². The number of benzene rings is 1. The Labute approximate surface area is 249 Å². The fourth-order valence-corrected chi connectivity index (χ4v) is 5.62. The van der Waals surface area contributed by atoms with Crippen molar-refractivity contribution in [2.24, 2.45) is 17.8 Å². The van der Waals surface area contributed by atoms with Crippen LogP contribution in [0.3, 0.4) is 0 Å². The summed E-state index contributed by atoms with van der Waals surface area (Å²) in [7, 11) is 1.74. The predicted molar refractivity (Wildman–Crippen MR) is 165 cm³/mol. The van der Waals surface area contributed by atoms with Crippen molar-refractivity contribution in [2.45, 2.75) is 105 Å². The summed E-state index contributed by atoms with van der Waals surface area (Å²) >= 11 is 0. The molecule has 2 rings (SSSR count). The highest BCUT2D eigenvalue weighted by molar-refractivity contribution is 5.69. The summed E-state index contributed by atoms with van der Waals surface area (Å²) in [5.74, 6) is 0.850. The van der Waals surface area contributed by atoms with Crippen molar-refractivity contribution in [3.8, 4) is 0 Å². The molecule has 6 nitrogen and oxygen atoms in total. The molecule has 0 amide bonds. The van der Waals surface area contributed by atoms with E-state index in [1.54, 1.807) is 7.11 Å². The van der Waals surface area contributed by atoms with E-state index in [0.717, 1.165) is 24.8 Å². The number of hydrogen-bond donors (Lipinski definition) is 0. The number of esters is 1. The number of rotatable bonds is 17. The molecule has 0 bridgehead atoms. The van der Waals surface area contributed by atoms with E-state index in [0.29, 0.717) is 31.5 Å². The van der Waals surface area contributed by atoms with Crippen molar-refractivity contribution in [2.75, 3.05) is 20.5 Å². The van der Waals surface area contributed by atoms with Crippen LogP contribution in [-0.4, -0.2) is 50.9 Å². The van der Waals surface area contributed by atoms with Gasteiger partial charge >= 0.3 is 5.97 Å². The largest absolute Gasteiger partial charge is 0.466 e. The predicted octanol–water partition coefficient (Wildman–Crippen LogP) is 7.83. The Hall–Kier alpha value is -2.25. The van der Waals surface area contributed by atoms with Crippen LogP contribution >= 0.6 is 0 Å². The molecule has 7 atom stereocenters. The van der Waals surface area contributed by atoms with Gasteiger partial charge in [0.2, 0.25) is 0 Å². The van der Waals surface area contributed by atoms with Gasteiger partial charge in [0.05, 0.1) is 44.1 Å². The van der Waals surface area contributed by atoms with Crippen molar-refractivity contribution in [1.29, 1.82) is 0 Å². The third kappa shape index (κ3) is 13.1. The normalized spacial score (nSPS) is 23.3. The highest BCUT2D eigenvalue weighted by atomic mass is 16.7. The van der Waals surface area contributed by atoms with Gasteiger partial charge in [0, 0.05) is 13.0 Å². The van der Waals surface area contributed by atoms with E-state index in [2.05, 4.69) is 58.9 Å². The average molecular weight is 571 g/mol. The number of hydrogen-bond acceptors (Lipinski definition) is 6. The molecule has 1 aromatic rings. The molecule has 0 N–H and O–H groups in total. The molecule has 0 unspecified atom stereocenters. The number of carbonyl (C=O) groups excluding carboxylic acids is 1. The van der Waals surface area contributed by atoms with Crippen LogP contribution in [0.1, 0.15) is 79.7 Å². The zero-order valence-corrected chi connectivity index (χ0v) is 26.6. The van der Waals surface area contributed by atoms with E-state index in [1.807, 2.05) is 44.2 Å². The number of methoxy groups -OCH3 is 1. The highest BCUT2D eigenvalue weighted by Crippen LogP contribution is 2.31. The van der Waals surface area contributed by atoms with Gasteiger partial charge in [0.15, 0.2) is 0 Å². The lowest BCUT2D eigenvalue weighted by Gasteiger charge is -2.35. The van der Waals surface area contributed by atoms with Crippen molar-refractivity contribution in [3.63, 3.8) is 0 Å². The van der Waals surface area contributed by atoms with Crippen LogP contribution in [0.2, 0.25) is 0 Å². The Balaban J connectivity index is 1.82. The van der Waals surface area contributed by atoms with E-state index in [4.69, 9.17) is 23.7 Å². The molecular formula is C35H54O6. The lowest BCUT2D eigenvalue weighted by molar-refractivity contribution is -0.149. The molecule has 41 heavy (non-hydrogen) atoms. The zero-order chi connectivity index (χ0) is 30.2. The maximum absolute atomic E-state index is 11.9. The summed E-state index contributed by atoms with van der Waals surface area (Å²) in [6.45, 7) is 16.0. The molecule has 1 heterocycles. The molecule has 0 aromatic heterocycles. The van der Waals surface area contributed by atoms with Gasteiger partial charge in [-0.1, -0.05) is 81.0 Å². The first-order valence-electron chi connectivity index (χ1n) is 15.2. The molecule has 230 valence electrons. The van der Waals surface area contributed by atoms with Gasteiger partial charge in [0.25, 0.3) is 0 Å². The summed E-state index contributed by atoms with van der Waals surface area (Å²) in [5.41, 5.74) is 3.65. The molecule has 0 spiro atoms. The fourth-order valence-electron chi connectivity index (χ4n) is 5.62. The number of carbonyl (C=O) groups is 1. The highest BCUT2D eigenvalue weighted by Gasteiger charge is 2.30. The Kier molecular flexibility index (Phi) is 16.2. The Morgan fingerprint density at radius 2 is 1.85 bits per heavy atom. The maximum Gasteiger partial charge on any atom is 0.308 e. The second-order valence-electron chi connectivity index (χ2n) is 11.6. The first-order chi connectivity index (χ1) is 19.6. The van der Waals surface area contributed by atoms with Crippen LogP contribution in [0.25, 0.3) is 0 Å². The summed E-state index contributed by atoms with van der Waals surface area (Å²) in [6.07, 6.45) is 11.9. The molecule has 0 aliphatic carbocycles. The lowest BCUT2D eigenvalue weighted by atomic mass is 9.88. The van der Waals surface area contributed by atoms with E-state index >= 15 is 0 Å². The third-order valence-electron chi connectivity index (χ3n) is 7.72. The van der Waals surface area contributed by atoms with Crippen LogP contribution in [-0.2, 0) is 35.1 Å². The molecule has 1 aromatic carbocycles. The van der Waals surface area contributed by atoms with Crippen LogP contribution in [0, 0.1) is 17.8 Å². The lowest BCUT2D eigenvalue weighted by Crippen LogP contribution is -2.36. The van der Waals surface area contributed by atoms with Crippen molar-refractivity contribution in [3.05, 3.63) is 71.3 Å². The minimum atomic E-state index is -0.175. The molecule has 0 saturated carbocycles. The fraction of sp³-hybridized carbons (Fsp3) is 0.629. The monoisotopic (exact) mass is 570 g/mol. The van der Waals surface area contributed by atoms with Gasteiger partial charge in [0.1, 0.15) is 6.79 Å². The Bertz CT molecular complexity index is 968. The molecule has 1 aliphatic rings. The summed E-state index contributed by atoms with van der Waals surface area (Å²) in [6, 6.07) is 10.1. The zero-order valence-electron chi connectivity index (χ0n) is 26.6. The topological polar surface area (TPSA) is 63.2 Å². The van der Waals surface area contributed by atoms with Crippen LogP contribution in [0.5, 0.6) is 0 Å². The minimum Gasteiger partial charge on any atom is -0.466 e. The number of allylic oxidation sites excluding steroid dienone is 4. The SMILES string of the molecule is CCOC(=O)C[C@H]1CC[C@H](C)[C@@H](/C(C)=C/C=C/[C@@H](C)C/C(C)=C/[C@H](C)[C@@H](OC)[C@@H](C)OCOCc2ccccc2)O1. The van der Waals surface area contributed by atoms with Gasteiger partial charge in [-0.2, -0.15) is 0 Å². The first-order valence-corrected chi connectivity index (χ1v) is 15.2. The second kappa shape index (κ2) is 19.0. The smallest absolute Gasteiger partial charge is 0.308 e. The van der Waals surface area contributed by atoms with Crippen LogP contribution in [0.15, 0.2) is 65.8 Å². The molecule has 6 heteroatoms. The number of ether oxygens (including phenoxy) is 5. The van der Waals surface area contributed by atoms with E-state index in [9.17, 15) is 4.79 Å². The van der Waals surface area contributed by atoms with E-state index < -0.39 is 0 Å². The maximum atomic E-state index is 11.9. The molecule has 1 aliphatic heterocycles. The van der Waals surface area contributed by atoms with Gasteiger partial charge in [-0.05, 0) is 69.9 Å². The minimum absolute atomic E-state index is 0.0320. The summed E-state index contributed by atoms with van der Waals surface area (Å²) < 4.78 is 28.9. The third-order valence-corrected chi connectivity index (χ3v) is 7.72. The molecule has 0 radical (unpaired) electrons. The Morgan fingerprint density at radius 1 is 1.12 bits per heavy atom. The van der Waals surface area contributed by atoms with Crippen molar-refractivity contribution < 1.29 is 28.5 Å². The quantitative estimate of drug-likeness (QED) is 0.0625. The van der Waals surface area contributed by atoms with Crippen LogP contribution < -0.4 is 0 Å². The van der Waals surface area contributed by atoms with Crippen LogP contribution in [0.4, 0.5) is 0 Å². The Morgan fingerprint density at radius 3 is 2.54 bits per heavy atom. The van der Waals surface area contributed by atoms with E-state index in [-0.39, 0.29) is 43.1 Å². The standard InChI is InChI=1S/C35H54O6/c1-9-39-33(36)22-32-19-18-28(5)34(41-32)27(4)15-13-14-25(2)20-26(3)21-29(6)35(37-8)30(7)40-24-38-23-31-16-11-10-12-17-31/h10-17,21,25,28-30,32,34-35H,9,18-20,22-24H2,1-8H3/b14-13+,26-21+,27-15+/t25-,28+,29+,30-,32-,34-,35-/m1/s1. The summed E-state index contributed by atoms with van der Waals surface area (Å²) in [4.78, 5) is 11.9. The van der Waals surface area contributed by atoms with E-state index in [1.165, 1.54) is 11.1 Å². The van der Waals surface area contributed by atoms with Crippen molar-refractivity contribution >= 4 is 5.97 Å².